The van der Waals surface area contributed by atoms with Crippen LogP contribution in [-0.4, -0.2) is 46.1 Å². The van der Waals surface area contributed by atoms with Gasteiger partial charge in [-0.1, -0.05) is 26.2 Å². The molecule has 1 aliphatic rings. The van der Waals surface area contributed by atoms with Crippen molar-refractivity contribution in [1.82, 2.24) is 20.2 Å². The number of pyridine rings is 1. The Kier molecular flexibility index (Phi) is 8.48. The van der Waals surface area contributed by atoms with Crippen molar-refractivity contribution in [3.8, 4) is 5.82 Å². The molecular weight excluding hydrogens is 469 g/mol. The topological polar surface area (TPSA) is 99.9 Å². The van der Waals surface area contributed by atoms with Crippen molar-refractivity contribution < 1.29 is 14.0 Å². The van der Waals surface area contributed by atoms with Crippen molar-refractivity contribution in [2.45, 2.75) is 70.4 Å². The summed E-state index contributed by atoms with van der Waals surface area (Å²) in [7, 11) is 1.71. The third kappa shape index (κ3) is 5.80. The smallest absolute Gasteiger partial charge is 0.237 e. The fraction of sp³-hybridized carbons (Fsp3) is 0.448. The second-order valence-electron chi connectivity index (χ2n) is 9.97. The number of aromatic nitrogens is 2. The number of fused-ring (bicyclic) bond motifs is 1. The summed E-state index contributed by atoms with van der Waals surface area (Å²) < 4.78 is 15.5. The minimum absolute atomic E-state index is 0.00655. The maximum atomic E-state index is 13.8. The first-order valence-electron chi connectivity index (χ1n) is 13.2. The highest BCUT2D eigenvalue weighted by atomic mass is 19.1. The average molecular weight is 506 g/mol. The molecule has 8 heteroatoms. The zero-order valence-electron chi connectivity index (χ0n) is 21.8. The van der Waals surface area contributed by atoms with Crippen LogP contribution < -0.4 is 10.6 Å². The molecule has 0 radical (unpaired) electrons. The number of nitrogens with zero attached hydrogens (tertiary/aromatic N) is 2. The lowest BCUT2D eigenvalue weighted by atomic mass is 9.78. The summed E-state index contributed by atoms with van der Waals surface area (Å²) in [6.45, 7) is 3.72. The van der Waals surface area contributed by atoms with E-state index in [9.17, 15) is 14.0 Å². The molecule has 196 valence electrons. The largest absolute Gasteiger partial charge is 0.344 e. The second-order valence-corrected chi connectivity index (χ2v) is 9.97. The number of rotatable bonds is 10. The van der Waals surface area contributed by atoms with Gasteiger partial charge in [-0.15, -0.1) is 0 Å². The molecule has 0 bridgehead atoms. The van der Waals surface area contributed by atoms with E-state index in [1.165, 1.54) is 12.1 Å². The Morgan fingerprint density at radius 3 is 2.62 bits per heavy atom. The number of amides is 1. The van der Waals surface area contributed by atoms with Gasteiger partial charge in [-0.3, -0.25) is 9.59 Å². The predicted molar refractivity (Wildman–Crippen MR) is 144 cm³/mol. The highest BCUT2D eigenvalue weighted by Gasteiger charge is 2.36. The first kappa shape index (κ1) is 26.7. The van der Waals surface area contributed by atoms with Crippen LogP contribution in [0.1, 0.15) is 63.9 Å². The number of benzene rings is 1. The summed E-state index contributed by atoms with van der Waals surface area (Å²) in [6, 6.07) is 9.04. The van der Waals surface area contributed by atoms with Gasteiger partial charge in [0.2, 0.25) is 5.91 Å². The van der Waals surface area contributed by atoms with Gasteiger partial charge in [0.25, 0.3) is 0 Å². The molecule has 4 rings (SSSR count). The molecule has 1 fully saturated rings. The molecule has 3 atom stereocenters. The summed E-state index contributed by atoms with van der Waals surface area (Å²) in [5.74, 6) is -0.596. The van der Waals surface area contributed by atoms with Gasteiger partial charge in [-0.25, -0.2) is 9.37 Å². The van der Waals surface area contributed by atoms with Crippen molar-refractivity contribution in [2.24, 2.45) is 5.92 Å². The molecule has 1 aromatic carbocycles. The molecule has 1 saturated carbocycles. The third-order valence-electron chi connectivity index (χ3n) is 7.62. The molecule has 3 aromatic rings. The maximum absolute atomic E-state index is 13.8. The lowest BCUT2D eigenvalue weighted by molar-refractivity contribution is -0.127. The van der Waals surface area contributed by atoms with E-state index in [4.69, 9.17) is 5.41 Å². The highest BCUT2D eigenvalue weighted by Crippen LogP contribution is 2.30. The molecule has 37 heavy (non-hydrogen) atoms. The fourth-order valence-electron chi connectivity index (χ4n) is 5.32. The zero-order valence-corrected chi connectivity index (χ0v) is 21.8. The van der Waals surface area contributed by atoms with Gasteiger partial charge in [0.15, 0.2) is 5.78 Å². The first-order chi connectivity index (χ1) is 17.8. The van der Waals surface area contributed by atoms with E-state index in [0.29, 0.717) is 12.2 Å². The Morgan fingerprint density at radius 2 is 1.92 bits per heavy atom. The number of carbonyl (C=O) groups is 2. The summed E-state index contributed by atoms with van der Waals surface area (Å²) in [4.78, 5) is 31.0. The summed E-state index contributed by atoms with van der Waals surface area (Å²) in [5.41, 5.74) is 1.64. The number of likely N-dealkylation sites (N-methyl/N-ethyl adjacent to an activating group) is 1. The number of carbonyl (C=O) groups excluding carboxylic acids is 2. The summed E-state index contributed by atoms with van der Waals surface area (Å²) in [5, 5.41) is 15.6. The Morgan fingerprint density at radius 1 is 1.16 bits per heavy atom. The molecule has 7 nitrogen and oxygen atoms in total. The van der Waals surface area contributed by atoms with Crippen LogP contribution in [-0.2, 0) is 9.59 Å². The van der Waals surface area contributed by atoms with E-state index in [-0.39, 0.29) is 29.1 Å². The van der Waals surface area contributed by atoms with Crippen LogP contribution in [0.2, 0.25) is 0 Å². The van der Waals surface area contributed by atoms with Crippen molar-refractivity contribution in [3.63, 3.8) is 0 Å². The Hall–Kier alpha value is -3.39. The average Bonchev–Trinajstić information content (AvgIpc) is 3.34. The van der Waals surface area contributed by atoms with Crippen LogP contribution in [0.15, 0.2) is 48.8 Å². The van der Waals surface area contributed by atoms with Crippen LogP contribution in [0.5, 0.6) is 0 Å². The standard InChI is InChI=1S/C29H36FN5O2/c1-4-23(20-12-14-33-25(17-20)35-15-13-21-16-22(30)10-11-24(21)35)26(31)28(36)27(19-8-6-5-7-9-19)34-29(37)18(2)32-3/h10-19,23,27,31-32H,4-9H2,1-3H3,(H,34,37). The molecule has 0 spiro atoms. The Bertz CT molecular complexity index is 1280. The fourth-order valence-corrected chi connectivity index (χ4v) is 5.32. The zero-order chi connectivity index (χ0) is 26.5. The third-order valence-corrected chi connectivity index (χ3v) is 7.62. The van der Waals surface area contributed by atoms with Crippen LogP contribution >= 0.6 is 0 Å². The van der Waals surface area contributed by atoms with Crippen molar-refractivity contribution >= 4 is 28.3 Å². The van der Waals surface area contributed by atoms with Crippen molar-refractivity contribution in [2.75, 3.05) is 7.05 Å². The lowest BCUT2D eigenvalue weighted by Gasteiger charge is -2.32. The van der Waals surface area contributed by atoms with E-state index in [0.717, 1.165) is 48.6 Å². The van der Waals surface area contributed by atoms with Gasteiger partial charge in [-0.2, -0.15) is 0 Å². The van der Waals surface area contributed by atoms with E-state index < -0.39 is 18.0 Å². The van der Waals surface area contributed by atoms with Crippen LogP contribution in [0.4, 0.5) is 4.39 Å². The molecule has 2 aromatic heterocycles. The van der Waals surface area contributed by atoms with E-state index in [1.807, 2.05) is 35.9 Å². The van der Waals surface area contributed by atoms with Gasteiger partial charge >= 0.3 is 0 Å². The molecule has 0 aliphatic heterocycles. The van der Waals surface area contributed by atoms with Gasteiger partial charge in [-0.05, 0) is 81.1 Å². The number of Topliss-reactive ketones (excluding diaryl/α,β-unsaturated/α-hetero) is 1. The molecule has 2 heterocycles. The number of hydrogen-bond acceptors (Lipinski definition) is 5. The molecule has 3 N–H and O–H groups in total. The van der Waals surface area contributed by atoms with E-state index in [1.54, 1.807) is 26.2 Å². The number of ketones is 1. The van der Waals surface area contributed by atoms with E-state index >= 15 is 0 Å². The lowest BCUT2D eigenvalue weighted by Crippen LogP contribution is -2.53. The van der Waals surface area contributed by atoms with Gasteiger partial charge in [0.05, 0.1) is 23.3 Å². The summed E-state index contributed by atoms with van der Waals surface area (Å²) in [6.07, 6.45) is 9.00. The quantitative estimate of drug-likeness (QED) is 0.341. The normalized spacial score (nSPS) is 16.8. The number of halogens is 1. The number of hydrogen-bond donors (Lipinski definition) is 3. The minimum Gasteiger partial charge on any atom is -0.344 e. The van der Waals surface area contributed by atoms with Gasteiger partial charge in [0, 0.05) is 23.7 Å². The highest BCUT2D eigenvalue weighted by molar-refractivity contribution is 6.42. The predicted octanol–water partition coefficient (Wildman–Crippen LogP) is 4.92. The van der Waals surface area contributed by atoms with Crippen molar-refractivity contribution in [1.29, 1.82) is 5.41 Å². The first-order valence-corrected chi connectivity index (χ1v) is 13.2. The van der Waals surface area contributed by atoms with Crippen LogP contribution in [0, 0.1) is 17.1 Å². The molecule has 1 aliphatic carbocycles. The Labute approximate surface area is 217 Å². The van der Waals surface area contributed by atoms with Crippen molar-refractivity contribution in [3.05, 3.63) is 60.2 Å². The molecule has 3 unspecified atom stereocenters. The van der Waals surface area contributed by atoms with Gasteiger partial charge < -0.3 is 20.6 Å². The molecule has 0 saturated heterocycles. The monoisotopic (exact) mass is 505 g/mol. The van der Waals surface area contributed by atoms with Crippen LogP contribution in [0.25, 0.3) is 16.7 Å². The Balaban J connectivity index is 1.62. The minimum atomic E-state index is -0.699. The second kappa shape index (κ2) is 11.8. The number of nitrogens with one attached hydrogen (secondary N) is 3. The van der Waals surface area contributed by atoms with Crippen LogP contribution in [0.3, 0.4) is 0 Å². The summed E-state index contributed by atoms with van der Waals surface area (Å²) >= 11 is 0. The molecular formula is C29H36FN5O2. The SMILES string of the molecule is CCC(C(=N)C(=O)C(NC(=O)C(C)NC)C1CCCCC1)c1ccnc(-n2ccc3cc(F)ccc32)c1. The molecule has 1 amide bonds. The maximum Gasteiger partial charge on any atom is 0.237 e. The van der Waals surface area contributed by atoms with Gasteiger partial charge in [0.1, 0.15) is 11.6 Å². The van der Waals surface area contributed by atoms with E-state index in [2.05, 4.69) is 15.6 Å².